The summed E-state index contributed by atoms with van der Waals surface area (Å²) >= 11 is 0. The van der Waals surface area contributed by atoms with Gasteiger partial charge in [0.1, 0.15) is 5.78 Å². The molecule has 0 amide bonds. The number of piperidine rings is 1. The number of aromatic nitrogens is 2. The van der Waals surface area contributed by atoms with Crippen LogP contribution in [0.3, 0.4) is 0 Å². The van der Waals surface area contributed by atoms with E-state index in [9.17, 15) is 4.79 Å². The molecule has 2 saturated carbocycles. The van der Waals surface area contributed by atoms with Gasteiger partial charge < -0.3 is 4.90 Å². The lowest BCUT2D eigenvalue weighted by atomic mass is 9.47. The topological polar surface area (TPSA) is 46.1 Å². The van der Waals surface area contributed by atoms with Crippen LogP contribution in [0.5, 0.6) is 0 Å². The Morgan fingerprint density at radius 3 is 2.11 bits per heavy atom. The molecule has 150 valence electrons. The largest absolute Gasteiger partial charge is 0.341 e. The Balaban J connectivity index is 0.00000102. The highest BCUT2D eigenvalue weighted by molar-refractivity contribution is 5.79. The third kappa shape index (κ3) is 4.20. The van der Waals surface area contributed by atoms with Crippen LogP contribution in [0.1, 0.15) is 84.6 Å². The molecule has 4 rings (SSSR count). The zero-order valence-corrected chi connectivity index (χ0v) is 17.9. The van der Waals surface area contributed by atoms with Gasteiger partial charge in [-0.05, 0) is 74.2 Å². The fourth-order valence-corrected chi connectivity index (χ4v) is 5.30. The van der Waals surface area contributed by atoms with E-state index < -0.39 is 0 Å². The molecule has 1 aliphatic heterocycles. The molecule has 4 heteroatoms. The number of hydrogen-bond acceptors (Lipinski definition) is 4. The Labute approximate surface area is 165 Å². The number of rotatable bonds is 4. The molecule has 1 saturated heterocycles. The summed E-state index contributed by atoms with van der Waals surface area (Å²) in [6, 6.07) is 0. The van der Waals surface area contributed by atoms with Crippen LogP contribution in [0.4, 0.5) is 5.95 Å². The Bertz CT molecular complexity index is 618. The summed E-state index contributed by atoms with van der Waals surface area (Å²) in [5.41, 5.74) is 1.76. The van der Waals surface area contributed by atoms with Gasteiger partial charge in [0.05, 0.1) is 0 Å². The first-order chi connectivity index (χ1) is 13.0. The van der Waals surface area contributed by atoms with Gasteiger partial charge in [0.15, 0.2) is 0 Å². The maximum Gasteiger partial charge on any atom is 0.225 e. The van der Waals surface area contributed by atoms with Crippen LogP contribution in [-0.2, 0) is 4.79 Å². The van der Waals surface area contributed by atoms with Crippen molar-refractivity contribution in [2.24, 2.45) is 23.2 Å². The van der Waals surface area contributed by atoms with Gasteiger partial charge in [-0.1, -0.05) is 27.7 Å². The molecular weight excluding hydrogens is 334 g/mol. The lowest BCUT2D eigenvalue weighted by Crippen LogP contribution is -2.48. The Morgan fingerprint density at radius 1 is 1.07 bits per heavy atom. The van der Waals surface area contributed by atoms with Crippen molar-refractivity contribution in [3.8, 4) is 0 Å². The summed E-state index contributed by atoms with van der Waals surface area (Å²) in [5.74, 6) is 3.86. The third-order valence-corrected chi connectivity index (χ3v) is 7.19. The van der Waals surface area contributed by atoms with Gasteiger partial charge in [-0.3, -0.25) is 4.79 Å². The highest BCUT2D eigenvalue weighted by atomic mass is 16.1. The molecule has 3 aliphatic rings. The number of Topliss-reactive ketones (excluding diaryl/α,β-unsaturated/α-hetero) is 1. The van der Waals surface area contributed by atoms with Crippen molar-refractivity contribution in [1.82, 2.24) is 9.97 Å². The predicted molar refractivity (Wildman–Crippen MR) is 111 cm³/mol. The van der Waals surface area contributed by atoms with Crippen LogP contribution in [-0.4, -0.2) is 28.8 Å². The Hall–Kier alpha value is -1.45. The molecule has 1 aromatic heterocycles. The number of carbonyl (C=O) groups is 1. The maximum atomic E-state index is 11.4. The second kappa shape index (κ2) is 8.28. The first-order valence-electron chi connectivity index (χ1n) is 11.0. The van der Waals surface area contributed by atoms with Gasteiger partial charge in [0, 0.05) is 31.4 Å². The second-order valence-electron chi connectivity index (χ2n) is 9.21. The molecule has 0 N–H and O–H groups in total. The molecule has 2 aliphatic carbocycles. The van der Waals surface area contributed by atoms with E-state index in [2.05, 4.69) is 41.1 Å². The SMILES string of the molecule is CC.CC(=O)C1CC2(C1)CC(c1cnc(N3CCC(C(C)C)CC3)nc1)C2. The predicted octanol–water partition coefficient (Wildman–Crippen LogP) is 5.24. The zero-order chi connectivity index (χ0) is 19.6. The fraction of sp³-hybridized carbons (Fsp3) is 0.783. The minimum atomic E-state index is 0.341. The molecule has 0 atom stereocenters. The summed E-state index contributed by atoms with van der Waals surface area (Å²) in [7, 11) is 0. The van der Waals surface area contributed by atoms with Gasteiger partial charge >= 0.3 is 0 Å². The second-order valence-corrected chi connectivity index (χ2v) is 9.21. The Kier molecular flexibility index (Phi) is 6.22. The van der Waals surface area contributed by atoms with Crippen LogP contribution >= 0.6 is 0 Å². The average Bonchev–Trinajstić information content (AvgIpc) is 2.61. The third-order valence-electron chi connectivity index (χ3n) is 7.19. The van der Waals surface area contributed by atoms with Crippen LogP contribution in [0.2, 0.25) is 0 Å². The standard InChI is InChI=1S/C21H31N3O.C2H6/c1-14(2)16-4-6-24(7-5-16)20-22-12-19(13-23-20)18-10-21(11-18)8-17(9-21)15(3)25;1-2/h12-14,16-18H,4-11H2,1-3H3;1-2H3. The smallest absolute Gasteiger partial charge is 0.225 e. The molecule has 0 unspecified atom stereocenters. The summed E-state index contributed by atoms with van der Waals surface area (Å²) in [6.45, 7) is 12.6. The van der Waals surface area contributed by atoms with E-state index in [0.717, 1.165) is 43.7 Å². The van der Waals surface area contributed by atoms with E-state index in [4.69, 9.17) is 0 Å². The van der Waals surface area contributed by atoms with Gasteiger partial charge in [-0.25, -0.2) is 9.97 Å². The minimum absolute atomic E-state index is 0.341. The molecule has 27 heavy (non-hydrogen) atoms. The summed E-state index contributed by atoms with van der Waals surface area (Å²) in [6.07, 6.45) is 11.3. The maximum absolute atomic E-state index is 11.4. The molecule has 2 heterocycles. The molecule has 0 aromatic carbocycles. The van der Waals surface area contributed by atoms with Crippen molar-refractivity contribution in [2.45, 2.75) is 79.1 Å². The van der Waals surface area contributed by atoms with Crippen LogP contribution < -0.4 is 4.90 Å². The average molecular weight is 372 g/mol. The molecule has 4 nitrogen and oxygen atoms in total. The quantitative estimate of drug-likeness (QED) is 0.726. The van der Waals surface area contributed by atoms with E-state index in [1.807, 2.05) is 13.8 Å². The summed E-state index contributed by atoms with van der Waals surface area (Å²) < 4.78 is 0. The lowest BCUT2D eigenvalue weighted by molar-refractivity contribution is -0.133. The minimum Gasteiger partial charge on any atom is -0.341 e. The van der Waals surface area contributed by atoms with Gasteiger partial charge in [0.2, 0.25) is 5.95 Å². The Morgan fingerprint density at radius 2 is 1.63 bits per heavy atom. The summed E-state index contributed by atoms with van der Waals surface area (Å²) in [5, 5.41) is 0. The number of anilines is 1. The van der Waals surface area contributed by atoms with E-state index in [0.29, 0.717) is 23.0 Å². The van der Waals surface area contributed by atoms with Gasteiger partial charge in [-0.2, -0.15) is 0 Å². The molecule has 1 spiro atoms. The van der Waals surface area contributed by atoms with E-state index in [1.165, 1.54) is 31.2 Å². The highest BCUT2D eigenvalue weighted by Gasteiger charge is 2.54. The molecule has 0 radical (unpaired) electrons. The van der Waals surface area contributed by atoms with E-state index in [-0.39, 0.29) is 0 Å². The van der Waals surface area contributed by atoms with Crippen molar-refractivity contribution in [1.29, 1.82) is 0 Å². The molecule has 1 aromatic rings. The van der Waals surface area contributed by atoms with Crippen LogP contribution in [0, 0.1) is 23.2 Å². The number of ketones is 1. The van der Waals surface area contributed by atoms with Crippen molar-refractivity contribution >= 4 is 11.7 Å². The zero-order valence-electron chi connectivity index (χ0n) is 17.9. The molecule has 0 bridgehead atoms. The fourth-order valence-electron chi connectivity index (χ4n) is 5.30. The normalized spacial score (nSPS) is 30.4. The van der Waals surface area contributed by atoms with Crippen LogP contribution in [0.25, 0.3) is 0 Å². The number of hydrogen-bond donors (Lipinski definition) is 0. The molecular formula is C23H37N3O. The van der Waals surface area contributed by atoms with Crippen molar-refractivity contribution in [3.63, 3.8) is 0 Å². The highest BCUT2D eigenvalue weighted by Crippen LogP contribution is 2.64. The van der Waals surface area contributed by atoms with Gasteiger partial charge in [-0.15, -0.1) is 0 Å². The lowest BCUT2D eigenvalue weighted by Gasteiger charge is -2.57. The van der Waals surface area contributed by atoms with Crippen molar-refractivity contribution in [2.75, 3.05) is 18.0 Å². The molecule has 3 fully saturated rings. The van der Waals surface area contributed by atoms with Crippen molar-refractivity contribution < 1.29 is 4.79 Å². The number of carbonyl (C=O) groups excluding carboxylic acids is 1. The van der Waals surface area contributed by atoms with Crippen molar-refractivity contribution in [3.05, 3.63) is 18.0 Å². The first-order valence-corrected chi connectivity index (χ1v) is 11.0. The summed E-state index contributed by atoms with van der Waals surface area (Å²) in [4.78, 5) is 23.1. The number of nitrogens with zero attached hydrogens (tertiary/aromatic N) is 3. The monoisotopic (exact) mass is 371 g/mol. The van der Waals surface area contributed by atoms with E-state index in [1.54, 1.807) is 6.92 Å². The van der Waals surface area contributed by atoms with Crippen LogP contribution in [0.15, 0.2) is 12.4 Å². The first kappa shape index (κ1) is 20.3. The van der Waals surface area contributed by atoms with Gasteiger partial charge in [0.25, 0.3) is 0 Å². The van der Waals surface area contributed by atoms with E-state index >= 15 is 0 Å².